The van der Waals surface area contributed by atoms with Gasteiger partial charge in [-0.25, -0.2) is 9.37 Å². The number of carbonyl (C=O) groups excluding carboxylic acids is 1. The maximum atomic E-state index is 12.9. The Hall–Kier alpha value is -0.720. The number of amides is 1. The monoisotopic (exact) mass is 337 g/mol. The largest absolute Gasteiger partial charge is 0.349 e. The molecular weight excluding hydrogens is 324 g/mol. The van der Waals surface area contributed by atoms with Gasteiger partial charge in [-0.05, 0) is 28.1 Å². The molecule has 2 rings (SSSR count). The summed E-state index contributed by atoms with van der Waals surface area (Å²) in [6.45, 7) is 0.612. The Morgan fingerprint density at radius 1 is 1.61 bits per heavy atom. The van der Waals surface area contributed by atoms with Crippen molar-refractivity contribution in [2.45, 2.75) is 25.2 Å². The number of halogens is 3. The number of hydrogen-bond donors (Lipinski definition) is 2. The molecule has 18 heavy (non-hydrogen) atoms. The average molecular weight is 339 g/mol. The zero-order chi connectivity index (χ0) is 12.3. The van der Waals surface area contributed by atoms with E-state index in [1.165, 1.54) is 0 Å². The predicted molar refractivity (Wildman–Crippen MR) is 72.3 cm³/mol. The number of alkyl halides is 1. The van der Waals surface area contributed by atoms with Gasteiger partial charge in [0.2, 0.25) is 5.91 Å². The van der Waals surface area contributed by atoms with Gasteiger partial charge < -0.3 is 10.6 Å². The summed E-state index contributed by atoms with van der Waals surface area (Å²) in [5.74, 6) is -0.174. The van der Waals surface area contributed by atoms with Gasteiger partial charge in [0.05, 0.1) is 18.3 Å². The second-order valence-corrected chi connectivity index (χ2v) is 4.78. The van der Waals surface area contributed by atoms with E-state index in [9.17, 15) is 9.18 Å². The molecule has 0 aromatic carbocycles. The first-order valence-corrected chi connectivity index (χ1v) is 6.21. The smallest absolute Gasteiger partial charge is 0.237 e. The Morgan fingerprint density at radius 2 is 2.39 bits per heavy atom. The van der Waals surface area contributed by atoms with Gasteiger partial charge in [-0.2, -0.15) is 0 Å². The Morgan fingerprint density at radius 3 is 3.00 bits per heavy atom. The number of carbonyl (C=O) groups is 1. The first-order chi connectivity index (χ1) is 8.15. The van der Waals surface area contributed by atoms with Crippen molar-refractivity contribution in [3.63, 3.8) is 0 Å². The molecule has 1 aromatic heterocycles. The van der Waals surface area contributed by atoms with Crippen molar-refractivity contribution >= 4 is 34.2 Å². The van der Waals surface area contributed by atoms with Crippen molar-refractivity contribution in [1.82, 2.24) is 15.6 Å². The fourth-order valence-electron chi connectivity index (χ4n) is 1.74. The van der Waals surface area contributed by atoms with Crippen molar-refractivity contribution in [2.24, 2.45) is 0 Å². The molecule has 2 unspecified atom stereocenters. The molecule has 100 valence electrons. The van der Waals surface area contributed by atoms with E-state index in [4.69, 9.17) is 0 Å². The van der Waals surface area contributed by atoms with Crippen LogP contribution in [0.4, 0.5) is 4.39 Å². The van der Waals surface area contributed by atoms with E-state index in [-0.39, 0.29) is 31.3 Å². The molecule has 1 aromatic rings. The number of pyridine rings is 1. The van der Waals surface area contributed by atoms with Crippen LogP contribution in [0.3, 0.4) is 0 Å². The zero-order valence-electron chi connectivity index (χ0n) is 9.53. The van der Waals surface area contributed by atoms with Crippen molar-refractivity contribution in [2.75, 3.05) is 6.54 Å². The molecule has 2 N–H and O–H groups in total. The Bertz CT molecular complexity index is 421. The summed E-state index contributed by atoms with van der Waals surface area (Å²) in [7, 11) is 0. The molecule has 1 aliphatic heterocycles. The van der Waals surface area contributed by atoms with Crippen molar-refractivity contribution in [3.05, 3.63) is 28.5 Å². The van der Waals surface area contributed by atoms with Gasteiger partial charge in [-0.3, -0.25) is 4.79 Å². The fraction of sp³-hybridized carbons (Fsp3) is 0.455. The topological polar surface area (TPSA) is 54.0 Å². The van der Waals surface area contributed by atoms with E-state index < -0.39 is 12.2 Å². The molecular formula is C11H14BrClFN3O. The molecule has 2 heterocycles. The highest BCUT2D eigenvalue weighted by Gasteiger charge is 2.28. The lowest BCUT2D eigenvalue weighted by Crippen LogP contribution is -2.40. The highest BCUT2D eigenvalue weighted by molar-refractivity contribution is 9.10. The third-order valence-electron chi connectivity index (χ3n) is 2.61. The molecule has 7 heteroatoms. The maximum Gasteiger partial charge on any atom is 0.237 e. The van der Waals surface area contributed by atoms with Crippen LogP contribution in [-0.2, 0) is 11.3 Å². The molecule has 1 amide bonds. The summed E-state index contributed by atoms with van der Waals surface area (Å²) in [5, 5.41) is 5.57. The maximum absolute atomic E-state index is 12.9. The van der Waals surface area contributed by atoms with E-state index in [1.54, 1.807) is 0 Å². The molecule has 0 bridgehead atoms. The van der Waals surface area contributed by atoms with Crippen molar-refractivity contribution in [1.29, 1.82) is 0 Å². The Balaban J connectivity index is 0.00000162. The van der Waals surface area contributed by atoms with Crippen LogP contribution in [0.25, 0.3) is 0 Å². The van der Waals surface area contributed by atoms with Gasteiger partial charge in [-0.1, -0.05) is 6.07 Å². The molecule has 0 spiro atoms. The van der Waals surface area contributed by atoms with Gasteiger partial charge >= 0.3 is 0 Å². The van der Waals surface area contributed by atoms with E-state index in [2.05, 4.69) is 31.5 Å². The summed E-state index contributed by atoms with van der Waals surface area (Å²) in [4.78, 5) is 15.9. The molecule has 0 saturated carbocycles. The lowest BCUT2D eigenvalue weighted by atomic mass is 10.2. The third-order valence-corrected chi connectivity index (χ3v) is 3.05. The molecule has 4 nitrogen and oxygen atoms in total. The van der Waals surface area contributed by atoms with Crippen LogP contribution in [0.1, 0.15) is 12.1 Å². The minimum atomic E-state index is -0.922. The van der Waals surface area contributed by atoms with Crippen molar-refractivity contribution < 1.29 is 9.18 Å². The zero-order valence-corrected chi connectivity index (χ0v) is 11.9. The predicted octanol–water partition coefficient (Wildman–Crippen LogP) is 1.58. The second-order valence-electron chi connectivity index (χ2n) is 3.96. The van der Waals surface area contributed by atoms with Crippen LogP contribution in [0, 0.1) is 0 Å². The van der Waals surface area contributed by atoms with Crippen LogP contribution < -0.4 is 10.6 Å². The highest BCUT2D eigenvalue weighted by Crippen LogP contribution is 2.10. The number of nitrogens with one attached hydrogen (secondary N) is 2. The molecule has 1 aliphatic rings. The Kier molecular flexibility index (Phi) is 5.98. The molecule has 2 atom stereocenters. The van der Waals surface area contributed by atoms with Crippen LogP contribution in [0.15, 0.2) is 22.8 Å². The van der Waals surface area contributed by atoms with Crippen LogP contribution >= 0.6 is 28.3 Å². The van der Waals surface area contributed by atoms with Crippen LogP contribution in [0.2, 0.25) is 0 Å². The van der Waals surface area contributed by atoms with Crippen molar-refractivity contribution in [3.8, 4) is 0 Å². The summed E-state index contributed by atoms with van der Waals surface area (Å²) in [6.07, 6.45) is -0.674. The molecule has 0 radical (unpaired) electrons. The summed E-state index contributed by atoms with van der Waals surface area (Å²) in [6, 6.07) is 5.07. The fourth-order valence-corrected chi connectivity index (χ4v) is 2.12. The van der Waals surface area contributed by atoms with E-state index in [0.29, 0.717) is 6.54 Å². The minimum absolute atomic E-state index is 0. The standard InChI is InChI=1S/C11H13BrFN3O.ClH/c12-10-3-1-2-8(16-10)6-15-11(17)9-4-7(13)5-14-9;/h1-3,7,9,14H,4-6H2,(H,15,17);1H. The summed E-state index contributed by atoms with van der Waals surface area (Å²) in [5.41, 5.74) is 0.766. The quantitative estimate of drug-likeness (QED) is 0.823. The summed E-state index contributed by atoms with van der Waals surface area (Å²) >= 11 is 3.26. The van der Waals surface area contributed by atoms with Gasteiger partial charge in [0.1, 0.15) is 10.8 Å². The molecule has 1 saturated heterocycles. The number of nitrogens with zero attached hydrogens (tertiary/aromatic N) is 1. The molecule has 0 aliphatic carbocycles. The van der Waals surface area contributed by atoms with E-state index in [1.807, 2.05) is 18.2 Å². The lowest BCUT2D eigenvalue weighted by Gasteiger charge is -2.10. The number of aromatic nitrogens is 1. The third kappa shape index (κ3) is 4.19. The lowest BCUT2D eigenvalue weighted by molar-refractivity contribution is -0.123. The van der Waals surface area contributed by atoms with Gasteiger partial charge in [0.15, 0.2) is 0 Å². The van der Waals surface area contributed by atoms with E-state index in [0.717, 1.165) is 10.3 Å². The second kappa shape index (κ2) is 7.01. The summed E-state index contributed by atoms with van der Waals surface area (Å²) < 4.78 is 13.6. The van der Waals surface area contributed by atoms with Gasteiger partial charge in [-0.15, -0.1) is 12.4 Å². The Labute approximate surface area is 119 Å². The average Bonchev–Trinajstić information content (AvgIpc) is 2.73. The normalized spacial score (nSPS) is 22.3. The highest BCUT2D eigenvalue weighted by atomic mass is 79.9. The first kappa shape index (κ1) is 15.3. The van der Waals surface area contributed by atoms with E-state index >= 15 is 0 Å². The first-order valence-electron chi connectivity index (χ1n) is 5.42. The number of rotatable bonds is 3. The SMILES string of the molecule is Cl.O=C(NCc1cccc(Br)n1)C1CC(F)CN1. The van der Waals surface area contributed by atoms with Gasteiger partial charge in [0, 0.05) is 13.0 Å². The number of hydrogen-bond acceptors (Lipinski definition) is 3. The van der Waals surface area contributed by atoms with Crippen LogP contribution in [-0.4, -0.2) is 29.6 Å². The van der Waals surface area contributed by atoms with Gasteiger partial charge in [0.25, 0.3) is 0 Å². The minimum Gasteiger partial charge on any atom is -0.349 e. The van der Waals surface area contributed by atoms with Crippen LogP contribution in [0.5, 0.6) is 0 Å². The molecule has 1 fully saturated rings.